The molecule has 5 heteroatoms. The predicted octanol–water partition coefficient (Wildman–Crippen LogP) is 0.970. The molecule has 118 valence electrons. The van der Waals surface area contributed by atoms with Gasteiger partial charge >= 0.3 is 0 Å². The molecule has 0 amide bonds. The van der Waals surface area contributed by atoms with E-state index in [4.69, 9.17) is 0 Å². The Morgan fingerprint density at radius 1 is 1.29 bits per heavy atom. The second kappa shape index (κ2) is 6.90. The summed E-state index contributed by atoms with van der Waals surface area (Å²) in [6.07, 6.45) is 5.59. The Labute approximate surface area is 127 Å². The summed E-state index contributed by atoms with van der Waals surface area (Å²) in [5, 5.41) is 13.7. The van der Waals surface area contributed by atoms with Crippen molar-refractivity contribution in [1.29, 1.82) is 0 Å². The zero-order chi connectivity index (χ0) is 14.7. The van der Waals surface area contributed by atoms with Crippen LogP contribution in [0.1, 0.15) is 25.0 Å². The van der Waals surface area contributed by atoms with Gasteiger partial charge in [-0.1, -0.05) is 0 Å². The van der Waals surface area contributed by atoms with Crippen molar-refractivity contribution < 1.29 is 5.11 Å². The van der Waals surface area contributed by atoms with Gasteiger partial charge in [-0.15, -0.1) is 0 Å². The van der Waals surface area contributed by atoms with Gasteiger partial charge in [-0.25, -0.2) is 0 Å². The van der Waals surface area contributed by atoms with Gasteiger partial charge in [-0.05, 0) is 38.2 Å². The van der Waals surface area contributed by atoms with Gasteiger partial charge in [-0.3, -0.25) is 14.5 Å². The molecule has 1 saturated heterocycles. The van der Waals surface area contributed by atoms with Crippen LogP contribution in [0.2, 0.25) is 0 Å². The van der Waals surface area contributed by atoms with Crippen LogP contribution in [0, 0.1) is 12.8 Å². The number of aliphatic hydroxyl groups excluding tert-OH is 1. The first kappa shape index (κ1) is 15.0. The minimum absolute atomic E-state index is 0.304. The summed E-state index contributed by atoms with van der Waals surface area (Å²) < 4.78 is 2.08. The van der Waals surface area contributed by atoms with E-state index in [1.54, 1.807) is 0 Å². The van der Waals surface area contributed by atoms with E-state index in [0.717, 1.165) is 45.1 Å². The lowest BCUT2D eigenvalue weighted by molar-refractivity contribution is 0.0538. The average Bonchev–Trinajstić information content (AvgIpc) is 3.20. The molecule has 3 rings (SSSR count). The number of hydrogen-bond acceptors (Lipinski definition) is 4. The summed E-state index contributed by atoms with van der Waals surface area (Å²) in [7, 11) is 0. The molecule has 2 aliphatic rings. The fourth-order valence-corrected chi connectivity index (χ4v) is 3.32. The van der Waals surface area contributed by atoms with Crippen molar-refractivity contribution in [2.75, 3.05) is 39.3 Å². The van der Waals surface area contributed by atoms with Crippen LogP contribution in [-0.4, -0.2) is 70.1 Å². The molecule has 1 aromatic rings. The van der Waals surface area contributed by atoms with Gasteiger partial charge in [0.05, 0.1) is 6.54 Å². The SMILES string of the molecule is Cc1ccnn1CCN1CCN(CC2CC2)C(CCO)C1. The number of nitrogens with zero attached hydrogens (tertiary/aromatic N) is 4. The summed E-state index contributed by atoms with van der Waals surface area (Å²) in [4.78, 5) is 5.15. The van der Waals surface area contributed by atoms with Crippen LogP contribution < -0.4 is 0 Å². The number of hydrogen-bond donors (Lipinski definition) is 1. The Balaban J connectivity index is 1.49. The van der Waals surface area contributed by atoms with E-state index in [9.17, 15) is 5.11 Å². The Kier molecular flexibility index (Phi) is 4.93. The van der Waals surface area contributed by atoms with Crippen LogP contribution in [0.4, 0.5) is 0 Å². The smallest absolute Gasteiger partial charge is 0.0539 e. The highest BCUT2D eigenvalue weighted by molar-refractivity contribution is 4.96. The van der Waals surface area contributed by atoms with Gasteiger partial charge < -0.3 is 5.11 Å². The summed E-state index contributed by atoms with van der Waals surface area (Å²) in [6, 6.07) is 2.59. The van der Waals surface area contributed by atoms with Crippen LogP contribution in [-0.2, 0) is 6.54 Å². The number of aliphatic hydroxyl groups is 1. The second-order valence-corrected chi connectivity index (χ2v) is 6.60. The number of piperazine rings is 1. The van der Waals surface area contributed by atoms with Crippen molar-refractivity contribution in [2.24, 2.45) is 5.92 Å². The first-order valence-corrected chi connectivity index (χ1v) is 8.32. The molecular formula is C16H28N4O. The van der Waals surface area contributed by atoms with Crippen LogP contribution >= 0.6 is 0 Å². The first-order chi connectivity index (χ1) is 10.3. The molecule has 1 atom stereocenters. The summed E-state index contributed by atoms with van der Waals surface area (Å²) in [5.74, 6) is 0.935. The molecule has 0 bridgehead atoms. The van der Waals surface area contributed by atoms with E-state index in [-0.39, 0.29) is 0 Å². The third kappa shape index (κ3) is 4.05. The first-order valence-electron chi connectivity index (χ1n) is 8.32. The van der Waals surface area contributed by atoms with E-state index in [1.165, 1.54) is 25.1 Å². The van der Waals surface area contributed by atoms with Crippen LogP contribution in [0.3, 0.4) is 0 Å². The fourth-order valence-electron chi connectivity index (χ4n) is 3.32. The van der Waals surface area contributed by atoms with Crippen LogP contribution in [0.25, 0.3) is 0 Å². The Bertz CT molecular complexity index is 443. The molecule has 21 heavy (non-hydrogen) atoms. The van der Waals surface area contributed by atoms with Gasteiger partial charge in [0.1, 0.15) is 0 Å². The minimum atomic E-state index is 0.304. The summed E-state index contributed by atoms with van der Waals surface area (Å²) in [5.41, 5.74) is 1.23. The molecular weight excluding hydrogens is 264 g/mol. The van der Waals surface area contributed by atoms with E-state index in [0.29, 0.717) is 12.6 Å². The van der Waals surface area contributed by atoms with Gasteiger partial charge in [0, 0.05) is 57.3 Å². The summed E-state index contributed by atoms with van der Waals surface area (Å²) >= 11 is 0. The van der Waals surface area contributed by atoms with Gasteiger partial charge in [0.2, 0.25) is 0 Å². The molecule has 5 nitrogen and oxygen atoms in total. The van der Waals surface area contributed by atoms with Crippen molar-refractivity contribution in [1.82, 2.24) is 19.6 Å². The number of rotatable bonds is 7. The van der Waals surface area contributed by atoms with Crippen molar-refractivity contribution >= 4 is 0 Å². The highest BCUT2D eigenvalue weighted by atomic mass is 16.3. The molecule has 0 aromatic carbocycles. The van der Waals surface area contributed by atoms with E-state index in [2.05, 4.69) is 32.6 Å². The second-order valence-electron chi connectivity index (χ2n) is 6.60. The largest absolute Gasteiger partial charge is 0.396 e. The van der Waals surface area contributed by atoms with Crippen molar-refractivity contribution in [3.8, 4) is 0 Å². The zero-order valence-corrected chi connectivity index (χ0v) is 13.1. The molecule has 1 saturated carbocycles. The molecule has 1 aliphatic heterocycles. The molecule has 0 spiro atoms. The minimum Gasteiger partial charge on any atom is -0.396 e. The maximum absolute atomic E-state index is 9.33. The Morgan fingerprint density at radius 2 is 2.14 bits per heavy atom. The zero-order valence-electron chi connectivity index (χ0n) is 13.1. The number of aryl methyl sites for hydroxylation is 1. The molecule has 1 N–H and O–H groups in total. The summed E-state index contributed by atoms with van der Waals surface area (Å²) in [6.45, 7) is 9.07. The molecule has 1 aromatic heterocycles. The van der Waals surface area contributed by atoms with E-state index >= 15 is 0 Å². The lowest BCUT2D eigenvalue weighted by atomic mass is 10.1. The van der Waals surface area contributed by atoms with Crippen molar-refractivity contribution in [3.05, 3.63) is 18.0 Å². The standard InChI is InChI=1S/C16H28N4O/c1-14-4-6-17-20(14)10-8-18-7-9-19(12-15-2-3-15)16(13-18)5-11-21/h4,6,15-16,21H,2-3,5,7-13H2,1H3. The molecule has 2 heterocycles. The van der Waals surface area contributed by atoms with Crippen molar-refractivity contribution in [2.45, 2.75) is 38.8 Å². The van der Waals surface area contributed by atoms with Crippen molar-refractivity contribution in [3.63, 3.8) is 0 Å². The van der Waals surface area contributed by atoms with Gasteiger partial charge in [0.25, 0.3) is 0 Å². The lowest BCUT2D eigenvalue weighted by Crippen LogP contribution is -2.54. The van der Waals surface area contributed by atoms with Gasteiger partial charge in [-0.2, -0.15) is 5.10 Å². The third-order valence-corrected chi connectivity index (χ3v) is 4.90. The molecule has 1 aliphatic carbocycles. The maximum Gasteiger partial charge on any atom is 0.0539 e. The normalized spacial score (nSPS) is 24.6. The highest BCUT2D eigenvalue weighted by Crippen LogP contribution is 2.31. The van der Waals surface area contributed by atoms with Crippen LogP contribution in [0.15, 0.2) is 12.3 Å². The maximum atomic E-state index is 9.33. The predicted molar refractivity (Wildman–Crippen MR) is 83.2 cm³/mol. The van der Waals surface area contributed by atoms with E-state index in [1.807, 2.05) is 6.20 Å². The topological polar surface area (TPSA) is 44.5 Å². The number of aromatic nitrogens is 2. The highest BCUT2D eigenvalue weighted by Gasteiger charge is 2.31. The third-order valence-electron chi connectivity index (χ3n) is 4.90. The molecule has 2 fully saturated rings. The monoisotopic (exact) mass is 292 g/mol. The quantitative estimate of drug-likeness (QED) is 0.813. The lowest BCUT2D eigenvalue weighted by Gasteiger charge is -2.41. The molecule has 1 unspecified atom stereocenters. The van der Waals surface area contributed by atoms with Crippen LogP contribution in [0.5, 0.6) is 0 Å². The Morgan fingerprint density at radius 3 is 2.81 bits per heavy atom. The Hall–Kier alpha value is -0.910. The van der Waals surface area contributed by atoms with Gasteiger partial charge in [0.15, 0.2) is 0 Å². The average molecular weight is 292 g/mol. The molecule has 0 radical (unpaired) electrons. The fraction of sp³-hybridized carbons (Fsp3) is 0.812. The van der Waals surface area contributed by atoms with E-state index < -0.39 is 0 Å².